The molecule has 0 amide bonds. The molecular weight excluding hydrogens is 209 g/mol. The Hall–Kier alpha value is -1.42. The van der Waals surface area contributed by atoms with Crippen LogP contribution >= 0.6 is 0 Å². The number of halogens is 1. The summed E-state index contributed by atoms with van der Waals surface area (Å²) in [5.41, 5.74) is -0.525. The van der Waals surface area contributed by atoms with Crippen molar-refractivity contribution in [2.45, 2.75) is 18.5 Å². The predicted molar refractivity (Wildman–Crippen MR) is 58.3 cm³/mol. The number of nitrogens with one attached hydrogen (secondary N) is 1. The highest BCUT2D eigenvalue weighted by Gasteiger charge is 2.33. The van der Waals surface area contributed by atoms with Gasteiger partial charge in [0.2, 0.25) is 0 Å². The third-order valence-corrected chi connectivity index (χ3v) is 3.05. The van der Waals surface area contributed by atoms with Crippen molar-refractivity contribution in [1.82, 2.24) is 5.32 Å². The van der Waals surface area contributed by atoms with Gasteiger partial charge in [-0.05, 0) is 43.6 Å². The van der Waals surface area contributed by atoms with Gasteiger partial charge in [-0.25, -0.2) is 9.18 Å². The van der Waals surface area contributed by atoms with E-state index in [1.54, 1.807) is 12.1 Å². The van der Waals surface area contributed by atoms with Crippen molar-refractivity contribution in [3.05, 3.63) is 35.4 Å². The fraction of sp³-hybridized carbons (Fsp3) is 0.417. The number of rotatable bonds is 2. The highest BCUT2D eigenvalue weighted by molar-refractivity contribution is 5.87. The fourth-order valence-electron chi connectivity index (χ4n) is 2.02. The van der Waals surface area contributed by atoms with Crippen molar-refractivity contribution < 1.29 is 14.3 Å². The van der Waals surface area contributed by atoms with E-state index in [2.05, 4.69) is 5.32 Å². The fourth-order valence-corrected chi connectivity index (χ4v) is 2.02. The van der Waals surface area contributed by atoms with E-state index < -0.39 is 11.6 Å². The average molecular weight is 223 g/mol. The molecule has 86 valence electrons. The van der Waals surface area contributed by atoms with Gasteiger partial charge in [0.15, 0.2) is 0 Å². The summed E-state index contributed by atoms with van der Waals surface area (Å²) in [6.45, 7) is 1.33. The molecule has 4 heteroatoms. The minimum Gasteiger partial charge on any atom is -0.478 e. The van der Waals surface area contributed by atoms with Gasteiger partial charge >= 0.3 is 5.97 Å². The molecule has 2 rings (SSSR count). The summed E-state index contributed by atoms with van der Waals surface area (Å²) >= 11 is 0. The largest absolute Gasteiger partial charge is 0.478 e. The summed E-state index contributed by atoms with van der Waals surface area (Å²) in [7, 11) is 0. The molecular formula is C12H14FNO2. The highest BCUT2D eigenvalue weighted by atomic mass is 19.1. The second-order valence-electron chi connectivity index (χ2n) is 4.10. The molecule has 3 nitrogen and oxygen atoms in total. The lowest BCUT2D eigenvalue weighted by molar-refractivity contribution is 0.0696. The predicted octanol–water partition coefficient (Wildman–Crippen LogP) is 1.93. The molecule has 1 heterocycles. The van der Waals surface area contributed by atoms with Gasteiger partial charge in [-0.1, -0.05) is 12.1 Å². The quantitative estimate of drug-likeness (QED) is 0.805. The topological polar surface area (TPSA) is 49.3 Å². The highest BCUT2D eigenvalue weighted by Crippen LogP contribution is 2.34. The Morgan fingerprint density at radius 3 is 2.31 bits per heavy atom. The van der Waals surface area contributed by atoms with Crippen molar-refractivity contribution in [2.24, 2.45) is 0 Å². The smallest absolute Gasteiger partial charge is 0.335 e. The van der Waals surface area contributed by atoms with Crippen LogP contribution in [0.5, 0.6) is 0 Å². The molecule has 0 bridgehead atoms. The number of benzene rings is 1. The zero-order chi connectivity index (χ0) is 11.6. The molecule has 0 unspecified atom stereocenters. The number of alkyl halides is 1. The van der Waals surface area contributed by atoms with E-state index in [0.717, 1.165) is 0 Å². The Labute approximate surface area is 93.3 Å². The Morgan fingerprint density at radius 2 is 1.81 bits per heavy atom. The monoisotopic (exact) mass is 223 g/mol. The molecule has 0 atom stereocenters. The van der Waals surface area contributed by atoms with Gasteiger partial charge in [0.1, 0.15) is 5.67 Å². The Kier molecular flexibility index (Phi) is 2.92. The molecule has 16 heavy (non-hydrogen) atoms. The molecule has 0 saturated carbocycles. The maximum absolute atomic E-state index is 14.5. The van der Waals surface area contributed by atoms with Gasteiger partial charge in [0, 0.05) is 0 Å². The van der Waals surface area contributed by atoms with Crippen molar-refractivity contribution in [3.8, 4) is 0 Å². The normalized spacial score (nSPS) is 19.3. The zero-order valence-corrected chi connectivity index (χ0v) is 8.87. The maximum Gasteiger partial charge on any atom is 0.335 e. The van der Waals surface area contributed by atoms with Gasteiger partial charge < -0.3 is 10.4 Å². The van der Waals surface area contributed by atoms with Gasteiger partial charge in [-0.2, -0.15) is 0 Å². The molecule has 1 aromatic carbocycles. The summed E-state index contributed by atoms with van der Waals surface area (Å²) in [5.74, 6) is -0.982. The van der Waals surface area contributed by atoms with E-state index in [1.807, 2.05) is 0 Å². The molecule has 0 aliphatic carbocycles. The minimum absolute atomic E-state index is 0.196. The number of aromatic carboxylic acids is 1. The van der Waals surface area contributed by atoms with Crippen LogP contribution < -0.4 is 5.32 Å². The van der Waals surface area contributed by atoms with Gasteiger partial charge in [-0.3, -0.25) is 0 Å². The van der Waals surface area contributed by atoms with E-state index in [4.69, 9.17) is 5.11 Å². The van der Waals surface area contributed by atoms with E-state index in [-0.39, 0.29) is 5.56 Å². The lowest BCUT2D eigenvalue weighted by atomic mass is 9.86. The third kappa shape index (κ3) is 2.07. The lowest BCUT2D eigenvalue weighted by Gasteiger charge is -2.30. The van der Waals surface area contributed by atoms with Crippen LogP contribution in [0.15, 0.2) is 24.3 Å². The molecule has 0 radical (unpaired) electrons. The Bertz CT molecular complexity index is 383. The summed E-state index contributed by atoms with van der Waals surface area (Å²) in [6, 6.07) is 6.08. The van der Waals surface area contributed by atoms with Crippen LogP contribution in [0.25, 0.3) is 0 Å². The van der Waals surface area contributed by atoms with Crippen molar-refractivity contribution in [3.63, 3.8) is 0 Å². The SMILES string of the molecule is O=C(O)c1ccc(C2(F)CCNCC2)cc1. The lowest BCUT2D eigenvalue weighted by Crippen LogP contribution is -2.36. The molecule has 0 spiro atoms. The molecule has 1 saturated heterocycles. The molecule has 1 aromatic rings. The van der Waals surface area contributed by atoms with Gasteiger partial charge in [-0.15, -0.1) is 0 Å². The van der Waals surface area contributed by atoms with Crippen LogP contribution in [0.3, 0.4) is 0 Å². The average Bonchev–Trinajstić information content (AvgIpc) is 2.30. The van der Waals surface area contributed by atoms with E-state index in [9.17, 15) is 9.18 Å². The van der Waals surface area contributed by atoms with Crippen LogP contribution in [-0.2, 0) is 5.67 Å². The van der Waals surface area contributed by atoms with Crippen LogP contribution in [0.2, 0.25) is 0 Å². The molecule has 1 aliphatic rings. The summed E-state index contributed by atoms with van der Waals surface area (Å²) in [4.78, 5) is 10.7. The molecule has 2 N–H and O–H groups in total. The van der Waals surface area contributed by atoms with Crippen molar-refractivity contribution >= 4 is 5.97 Å². The Balaban J connectivity index is 2.23. The van der Waals surface area contributed by atoms with E-state index in [0.29, 0.717) is 31.5 Å². The van der Waals surface area contributed by atoms with Crippen LogP contribution in [0.1, 0.15) is 28.8 Å². The summed E-state index contributed by atoms with van der Waals surface area (Å²) in [6.07, 6.45) is 0.888. The van der Waals surface area contributed by atoms with Gasteiger partial charge in [0.25, 0.3) is 0 Å². The second kappa shape index (κ2) is 4.22. The van der Waals surface area contributed by atoms with Crippen LogP contribution in [-0.4, -0.2) is 24.2 Å². The standard InChI is InChI=1S/C12H14FNO2/c13-12(5-7-14-8-6-12)10-3-1-9(2-4-10)11(15)16/h1-4,14H,5-8H2,(H,15,16). The molecule has 1 fully saturated rings. The number of carbonyl (C=O) groups is 1. The third-order valence-electron chi connectivity index (χ3n) is 3.05. The first-order chi connectivity index (χ1) is 7.62. The number of carboxylic acids is 1. The van der Waals surface area contributed by atoms with E-state index >= 15 is 0 Å². The first kappa shape index (κ1) is 11.1. The first-order valence-corrected chi connectivity index (χ1v) is 5.35. The Morgan fingerprint density at radius 1 is 1.25 bits per heavy atom. The van der Waals surface area contributed by atoms with E-state index in [1.165, 1.54) is 12.1 Å². The number of carboxylic acid groups (broad SMARTS) is 1. The second-order valence-corrected chi connectivity index (χ2v) is 4.10. The zero-order valence-electron chi connectivity index (χ0n) is 8.87. The van der Waals surface area contributed by atoms with Crippen molar-refractivity contribution in [2.75, 3.05) is 13.1 Å². The molecule has 0 aromatic heterocycles. The van der Waals surface area contributed by atoms with Crippen LogP contribution in [0, 0.1) is 0 Å². The first-order valence-electron chi connectivity index (χ1n) is 5.35. The summed E-state index contributed by atoms with van der Waals surface area (Å²) < 4.78 is 14.5. The van der Waals surface area contributed by atoms with Crippen LogP contribution in [0.4, 0.5) is 4.39 Å². The number of hydrogen-bond acceptors (Lipinski definition) is 2. The number of piperidine rings is 1. The van der Waals surface area contributed by atoms with Gasteiger partial charge in [0.05, 0.1) is 5.56 Å². The summed E-state index contributed by atoms with van der Waals surface area (Å²) in [5, 5.41) is 11.9. The number of hydrogen-bond donors (Lipinski definition) is 2. The maximum atomic E-state index is 14.5. The molecule has 1 aliphatic heterocycles. The van der Waals surface area contributed by atoms with Crippen molar-refractivity contribution in [1.29, 1.82) is 0 Å². The minimum atomic E-state index is -1.30.